The van der Waals surface area contributed by atoms with Crippen molar-refractivity contribution >= 4 is 17.7 Å². The van der Waals surface area contributed by atoms with Crippen molar-refractivity contribution in [3.05, 3.63) is 35.9 Å². The molecule has 0 saturated carbocycles. The third kappa shape index (κ3) is 2.69. The molecular formula is C20H22N2O5. The molecule has 3 aliphatic rings. The van der Waals surface area contributed by atoms with Crippen LogP contribution in [0.15, 0.2) is 30.4 Å². The molecule has 27 heavy (non-hydrogen) atoms. The Bertz CT molecular complexity index is 779. The lowest BCUT2D eigenvalue weighted by Gasteiger charge is -2.43. The van der Waals surface area contributed by atoms with Gasteiger partial charge in [-0.2, -0.15) is 0 Å². The highest BCUT2D eigenvalue weighted by atomic mass is 16.5. The summed E-state index contributed by atoms with van der Waals surface area (Å²) in [6, 6.07) is 4.92. The first-order chi connectivity index (χ1) is 13.1. The zero-order valence-electron chi connectivity index (χ0n) is 15.4. The SMILES string of the molecule is COc1cccc(OC)c1C(=O)N1CC(N2C(=O)C3CC=CCC3C2=O)C1. The molecule has 3 amide bonds. The second-order valence-corrected chi connectivity index (χ2v) is 7.10. The van der Waals surface area contributed by atoms with E-state index < -0.39 is 0 Å². The normalized spacial score (nSPS) is 24.7. The fourth-order valence-corrected chi connectivity index (χ4v) is 4.19. The monoisotopic (exact) mass is 370 g/mol. The van der Waals surface area contributed by atoms with Gasteiger partial charge in [-0.3, -0.25) is 19.3 Å². The predicted molar refractivity (Wildman–Crippen MR) is 96.4 cm³/mol. The molecule has 7 nitrogen and oxygen atoms in total. The van der Waals surface area contributed by atoms with E-state index in [1.54, 1.807) is 23.1 Å². The van der Waals surface area contributed by atoms with Crippen LogP contribution in [0, 0.1) is 11.8 Å². The Morgan fingerprint density at radius 1 is 0.963 bits per heavy atom. The largest absolute Gasteiger partial charge is 0.496 e. The van der Waals surface area contributed by atoms with Crippen LogP contribution >= 0.6 is 0 Å². The fraction of sp³-hybridized carbons (Fsp3) is 0.450. The van der Waals surface area contributed by atoms with Gasteiger partial charge in [0.05, 0.1) is 32.1 Å². The van der Waals surface area contributed by atoms with Gasteiger partial charge in [0.15, 0.2) is 0 Å². The number of carbonyl (C=O) groups excluding carboxylic acids is 3. The van der Waals surface area contributed by atoms with Crippen molar-refractivity contribution in [1.82, 2.24) is 9.80 Å². The van der Waals surface area contributed by atoms with Crippen LogP contribution in [0.5, 0.6) is 11.5 Å². The number of carbonyl (C=O) groups is 3. The number of allylic oxidation sites excluding steroid dienone is 2. The van der Waals surface area contributed by atoms with E-state index in [2.05, 4.69) is 0 Å². The average molecular weight is 370 g/mol. The molecule has 2 aliphatic heterocycles. The minimum atomic E-state index is -0.250. The standard InChI is InChI=1S/C20H22N2O5/c1-26-15-8-5-9-16(27-2)17(15)20(25)21-10-12(11-21)22-18(23)13-6-3-4-7-14(13)19(22)24/h3-5,8-9,12-14H,6-7,10-11H2,1-2H3. The lowest BCUT2D eigenvalue weighted by Crippen LogP contribution is -2.62. The number of amides is 3. The lowest BCUT2D eigenvalue weighted by molar-refractivity contribution is -0.145. The smallest absolute Gasteiger partial charge is 0.261 e. The van der Waals surface area contributed by atoms with Gasteiger partial charge in [0, 0.05) is 13.1 Å². The number of nitrogens with zero attached hydrogens (tertiary/aromatic N) is 2. The van der Waals surface area contributed by atoms with E-state index in [9.17, 15) is 14.4 Å². The molecule has 4 rings (SSSR count). The van der Waals surface area contributed by atoms with E-state index in [0.717, 1.165) is 0 Å². The van der Waals surface area contributed by atoms with Crippen LogP contribution in [0.25, 0.3) is 0 Å². The van der Waals surface area contributed by atoms with Crippen LogP contribution in [0.3, 0.4) is 0 Å². The maximum absolute atomic E-state index is 12.9. The second-order valence-electron chi connectivity index (χ2n) is 7.10. The molecule has 0 aromatic heterocycles. The van der Waals surface area contributed by atoms with E-state index in [4.69, 9.17) is 9.47 Å². The molecule has 1 aromatic carbocycles. The van der Waals surface area contributed by atoms with Gasteiger partial charge in [0.1, 0.15) is 17.1 Å². The first-order valence-corrected chi connectivity index (χ1v) is 9.09. The number of fused-ring (bicyclic) bond motifs is 1. The Kier molecular flexibility index (Phi) is 4.37. The molecule has 2 atom stereocenters. The van der Waals surface area contributed by atoms with Crippen molar-refractivity contribution in [3.8, 4) is 11.5 Å². The number of hydrogen-bond acceptors (Lipinski definition) is 5. The third-order valence-corrected chi connectivity index (χ3v) is 5.70. The van der Waals surface area contributed by atoms with Crippen LogP contribution in [-0.4, -0.2) is 60.9 Å². The maximum atomic E-state index is 12.9. The topological polar surface area (TPSA) is 76.2 Å². The molecule has 0 bridgehead atoms. The number of likely N-dealkylation sites (tertiary alicyclic amines) is 2. The Morgan fingerprint density at radius 3 is 1.96 bits per heavy atom. The van der Waals surface area contributed by atoms with Crippen LogP contribution in [0.2, 0.25) is 0 Å². The van der Waals surface area contributed by atoms with Gasteiger partial charge >= 0.3 is 0 Å². The molecule has 0 spiro atoms. The summed E-state index contributed by atoms with van der Waals surface area (Å²) in [4.78, 5) is 41.3. The Balaban J connectivity index is 1.48. The molecule has 1 aromatic rings. The molecule has 142 valence electrons. The highest BCUT2D eigenvalue weighted by molar-refractivity contribution is 6.06. The molecule has 1 aliphatic carbocycles. The van der Waals surface area contributed by atoms with Gasteiger partial charge in [0.2, 0.25) is 11.8 Å². The maximum Gasteiger partial charge on any atom is 0.261 e. The van der Waals surface area contributed by atoms with E-state index in [1.807, 2.05) is 12.2 Å². The second kappa shape index (κ2) is 6.72. The highest BCUT2D eigenvalue weighted by Gasteiger charge is 2.52. The van der Waals surface area contributed by atoms with Gasteiger partial charge in [-0.25, -0.2) is 0 Å². The van der Waals surface area contributed by atoms with Crippen molar-refractivity contribution in [1.29, 1.82) is 0 Å². The summed E-state index contributed by atoms with van der Waals surface area (Å²) >= 11 is 0. The van der Waals surface area contributed by atoms with Crippen LogP contribution in [0.1, 0.15) is 23.2 Å². The number of rotatable bonds is 4. The van der Waals surface area contributed by atoms with E-state index >= 15 is 0 Å². The molecular weight excluding hydrogens is 348 g/mol. The molecule has 2 saturated heterocycles. The Hall–Kier alpha value is -2.83. The minimum absolute atomic E-state index is 0.0960. The zero-order valence-corrected chi connectivity index (χ0v) is 15.4. The highest BCUT2D eigenvalue weighted by Crippen LogP contribution is 2.38. The van der Waals surface area contributed by atoms with Gasteiger partial charge in [-0.1, -0.05) is 18.2 Å². The molecule has 0 N–H and O–H groups in total. The van der Waals surface area contributed by atoms with Crippen molar-refractivity contribution in [2.45, 2.75) is 18.9 Å². The molecule has 2 unspecified atom stereocenters. The summed E-state index contributed by atoms with van der Waals surface area (Å²) in [5.41, 5.74) is 0.359. The summed E-state index contributed by atoms with van der Waals surface area (Å²) in [6.45, 7) is 0.675. The van der Waals surface area contributed by atoms with Crippen molar-refractivity contribution in [2.24, 2.45) is 11.8 Å². The number of benzene rings is 1. The molecule has 7 heteroatoms. The summed E-state index contributed by atoms with van der Waals surface area (Å²) in [7, 11) is 3.00. The summed E-state index contributed by atoms with van der Waals surface area (Å²) < 4.78 is 10.6. The van der Waals surface area contributed by atoms with E-state index in [1.165, 1.54) is 19.1 Å². The average Bonchev–Trinajstić information content (AvgIpc) is 2.91. The Labute approximate surface area is 157 Å². The summed E-state index contributed by atoms with van der Waals surface area (Å²) in [5, 5.41) is 0. The first kappa shape index (κ1) is 17.6. The summed E-state index contributed by atoms with van der Waals surface area (Å²) in [5.74, 6) is -0.00839. The number of ether oxygens (including phenoxy) is 2. The van der Waals surface area contributed by atoms with Crippen LogP contribution < -0.4 is 9.47 Å². The van der Waals surface area contributed by atoms with Crippen molar-refractivity contribution in [2.75, 3.05) is 27.3 Å². The van der Waals surface area contributed by atoms with Crippen molar-refractivity contribution in [3.63, 3.8) is 0 Å². The zero-order chi connectivity index (χ0) is 19.1. The quantitative estimate of drug-likeness (QED) is 0.593. The molecule has 2 heterocycles. The minimum Gasteiger partial charge on any atom is -0.496 e. The van der Waals surface area contributed by atoms with Gasteiger partial charge in [-0.05, 0) is 25.0 Å². The van der Waals surface area contributed by atoms with Crippen LogP contribution in [-0.2, 0) is 9.59 Å². The fourth-order valence-electron chi connectivity index (χ4n) is 4.19. The first-order valence-electron chi connectivity index (χ1n) is 9.09. The predicted octanol–water partition coefficient (Wildman–Crippen LogP) is 1.48. The third-order valence-electron chi connectivity index (χ3n) is 5.70. The molecule has 2 fully saturated rings. The van der Waals surface area contributed by atoms with Gasteiger partial charge in [0.25, 0.3) is 5.91 Å². The van der Waals surface area contributed by atoms with Gasteiger partial charge < -0.3 is 14.4 Å². The lowest BCUT2D eigenvalue weighted by atomic mass is 9.85. The van der Waals surface area contributed by atoms with Crippen molar-refractivity contribution < 1.29 is 23.9 Å². The number of methoxy groups -OCH3 is 2. The summed E-state index contributed by atoms with van der Waals surface area (Å²) in [6.07, 6.45) is 5.19. The molecule has 0 radical (unpaired) electrons. The Morgan fingerprint density at radius 2 is 1.48 bits per heavy atom. The number of hydrogen-bond donors (Lipinski definition) is 0. The van der Waals surface area contributed by atoms with Crippen LogP contribution in [0.4, 0.5) is 0 Å². The van der Waals surface area contributed by atoms with Gasteiger partial charge in [-0.15, -0.1) is 0 Å². The van der Waals surface area contributed by atoms with E-state index in [0.29, 0.717) is 43.0 Å². The van der Waals surface area contributed by atoms with E-state index in [-0.39, 0.29) is 35.6 Å². The number of imide groups is 1.